The lowest BCUT2D eigenvalue weighted by atomic mass is 9.74. The van der Waals surface area contributed by atoms with Crippen LogP contribution in [0.3, 0.4) is 0 Å². The maximum atomic E-state index is 15.5. The molecule has 0 spiro atoms. The summed E-state index contributed by atoms with van der Waals surface area (Å²) in [5.74, 6) is -12.6. The monoisotopic (exact) mass is 1310 g/mol. The number of rotatable bonds is 25. The first-order chi connectivity index (χ1) is 42.6. The van der Waals surface area contributed by atoms with E-state index in [9.17, 15) is 19.2 Å². The second-order valence-corrected chi connectivity index (χ2v) is 22.1. The average molecular weight is 1310 g/mol. The molecule has 0 amide bonds. The van der Waals surface area contributed by atoms with E-state index < -0.39 is 185 Å². The Bertz CT molecular complexity index is 3020. The first-order valence-corrected chi connectivity index (χ1v) is 28.6. The standard InChI is InChI=1S/C63H72F12O16/c1-12-44-35(2)48(90-47(87-44)33-45(89-54(78)58(83-10,62(70,71)72)42-29-21-15-22-30-42)51(80-7)39(6)86-53(77)57(82-9,61(67,68)69)41-27-19-14-20-28-41)37(4)50-38(5)49(91-55(79)59(84-11,63(73,74)75)43-31-23-16-24-32-43)36(3)46(88-50)34-85-52(76)56(81-8,60(64,65)66)40-25-17-13-18-26-40/h13-32,35-39,44-51H,12,33-34H2,1-11H3/t35-,36-,37-,38-,39+,44-,45+,46-,47-,48-,49-,50+,51+,56-,57-,58-,59-/m0/s1. The molecular weight excluding hydrogens is 1240 g/mol. The molecule has 16 nitrogen and oxygen atoms in total. The van der Waals surface area contributed by atoms with Gasteiger partial charge in [0.05, 0.1) is 24.4 Å². The molecule has 28 heteroatoms. The van der Waals surface area contributed by atoms with Gasteiger partial charge in [-0.1, -0.05) is 156 Å². The van der Waals surface area contributed by atoms with Crippen LogP contribution >= 0.6 is 0 Å². The van der Waals surface area contributed by atoms with Crippen LogP contribution in [-0.4, -0.2) is 146 Å². The van der Waals surface area contributed by atoms with Gasteiger partial charge in [-0.3, -0.25) is 0 Å². The van der Waals surface area contributed by atoms with Gasteiger partial charge in [-0.15, -0.1) is 0 Å². The van der Waals surface area contributed by atoms with Crippen LogP contribution in [0.2, 0.25) is 0 Å². The summed E-state index contributed by atoms with van der Waals surface area (Å²) < 4.78 is 251. The van der Waals surface area contributed by atoms with E-state index in [-0.39, 0.29) is 6.42 Å². The minimum absolute atomic E-state index is 0.121. The van der Waals surface area contributed by atoms with Crippen molar-refractivity contribution in [2.75, 3.05) is 42.2 Å². The zero-order chi connectivity index (χ0) is 67.9. The van der Waals surface area contributed by atoms with Crippen LogP contribution in [0.4, 0.5) is 52.7 Å². The molecule has 2 aliphatic heterocycles. The molecule has 4 aromatic rings. The summed E-state index contributed by atoms with van der Waals surface area (Å²) in [6.45, 7) is 7.44. The molecule has 2 fully saturated rings. The third-order valence-electron chi connectivity index (χ3n) is 17.0. The van der Waals surface area contributed by atoms with Crippen LogP contribution in [0.5, 0.6) is 0 Å². The van der Waals surface area contributed by atoms with Gasteiger partial charge in [-0.2, -0.15) is 52.7 Å². The van der Waals surface area contributed by atoms with Crippen molar-refractivity contribution in [2.24, 2.45) is 23.7 Å². The molecule has 2 aliphatic rings. The van der Waals surface area contributed by atoms with E-state index in [2.05, 4.69) is 0 Å². The van der Waals surface area contributed by atoms with E-state index in [4.69, 9.17) is 56.8 Å². The number of hydrogen-bond donors (Lipinski definition) is 0. The quantitative estimate of drug-likeness (QED) is 0.0347. The Balaban J connectivity index is 1.44. The van der Waals surface area contributed by atoms with E-state index in [1.165, 1.54) is 81.4 Å². The van der Waals surface area contributed by atoms with Gasteiger partial charge in [0.15, 0.2) is 6.29 Å². The molecule has 0 bridgehead atoms. The molecule has 17 atom stereocenters. The summed E-state index contributed by atoms with van der Waals surface area (Å²) in [6, 6.07) is 22.5. The zero-order valence-electron chi connectivity index (χ0n) is 51.2. The van der Waals surface area contributed by atoms with Crippen molar-refractivity contribution in [1.82, 2.24) is 0 Å². The highest BCUT2D eigenvalue weighted by molar-refractivity contribution is 5.85. The lowest BCUT2D eigenvalue weighted by Gasteiger charge is -2.51. The predicted molar refractivity (Wildman–Crippen MR) is 296 cm³/mol. The van der Waals surface area contributed by atoms with Crippen molar-refractivity contribution in [1.29, 1.82) is 0 Å². The largest absolute Gasteiger partial charge is 0.460 e. The lowest BCUT2D eigenvalue weighted by molar-refractivity contribution is -0.307. The molecule has 6 rings (SSSR count). The highest BCUT2D eigenvalue weighted by Crippen LogP contribution is 2.50. The molecule has 91 heavy (non-hydrogen) atoms. The van der Waals surface area contributed by atoms with E-state index in [0.29, 0.717) is 28.4 Å². The first kappa shape index (κ1) is 73.6. The minimum atomic E-state index is -5.60. The fourth-order valence-corrected chi connectivity index (χ4v) is 12.2. The molecule has 0 N–H and O–H groups in total. The Hall–Kier alpha value is -6.40. The summed E-state index contributed by atoms with van der Waals surface area (Å²) in [5.41, 5.74) is -18.1. The van der Waals surface area contributed by atoms with Gasteiger partial charge < -0.3 is 56.8 Å². The van der Waals surface area contributed by atoms with Crippen LogP contribution in [0.25, 0.3) is 0 Å². The molecule has 0 unspecified atom stereocenters. The van der Waals surface area contributed by atoms with Crippen LogP contribution in [-0.2, 0) is 98.4 Å². The maximum Gasteiger partial charge on any atom is 0.432 e. The van der Waals surface area contributed by atoms with E-state index in [1.807, 2.05) is 0 Å². The molecule has 0 saturated carbocycles. The number of carbonyl (C=O) groups is 4. The van der Waals surface area contributed by atoms with Crippen LogP contribution < -0.4 is 0 Å². The fraction of sp³-hybridized carbons (Fsp3) is 0.556. The van der Waals surface area contributed by atoms with Crippen molar-refractivity contribution < 1.29 is 129 Å². The lowest BCUT2D eigenvalue weighted by Crippen LogP contribution is -2.60. The SMILES string of the molecule is CC[C@@H]1O[C@H](C[C@@H](OC(=O)[C@@](OC)(c2ccccc2)C(F)(F)F)[C@H](OC)[C@@H](C)OC(=O)[C@@](OC)(c2ccccc2)C(F)(F)F)O[C@H]([C@H](C)[C@H]2O[C@@H](COC(=O)[C@@](OC)(c3ccccc3)C(F)(F)F)[C@H](C)[C@H](OC(=O)[C@@](OC)(c3ccccc3)C(F)(F)F)[C@@H]2C)[C@H]1C. The Morgan fingerprint density at radius 3 is 1.19 bits per heavy atom. The van der Waals surface area contributed by atoms with Crippen LogP contribution in [0.1, 0.15) is 76.6 Å². The number of alkyl halides is 12. The Labute approximate surface area is 517 Å². The van der Waals surface area contributed by atoms with Crippen molar-refractivity contribution in [3.05, 3.63) is 144 Å². The molecule has 4 aromatic carbocycles. The molecule has 0 radical (unpaired) electrons. The van der Waals surface area contributed by atoms with Gasteiger partial charge in [0, 0.05) is 87.9 Å². The summed E-state index contributed by atoms with van der Waals surface area (Å²) in [7, 11) is 3.30. The highest BCUT2D eigenvalue weighted by atomic mass is 19.4. The number of esters is 4. The zero-order valence-corrected chi connectivity index (χ0v) is 51.2. The number of ether oxygens (including phenoxy) is 12. The minimum Gasteiger partial charge on any atom is -0.460 e. The Morgan fingerprint density at radius 1 is 0.462 bits per heavy atom. The van der Waals surface area contributed by atoms with Crippen molar-refractivity contribution in [2.45, 2.75) is 157 Å². The molecule has 2 saturated heterocycles. The van der Waals surface area contributed by atoms with Crippen LogP contribution in [0, 0.1) is 23.7 Å². The van der Waals surface area contributed by atoms with Crippen molar-refractivity contribution in [3.8, 4) is 0 Å². The highest BCUT2D eigenvalue weighted by Gasteiger charge is 2.69. The third kappa shape index (κ3) is 14.1. The molecule has 0 aliphatic carbocycles. The third-order valence-corrected chi connectivity index (χ3v) is 17.0. The normalized spacial score (nSPS) is 25.8. The Morgan fingerprint density at radius 2 is 0.824 bits per heavy atom. The first-order valence-electron chi connectivity index (χ1n) is 28.6. The van der Waals surface area contributed by atoms with E-state index >= 15 is 52.7 Å². The van der Waals surface area contributed by atoms with Gasteiger partial charge >= 0.3 is 48.6 Å². The second kappa shape index (κ2) is 29.3. The summed E-state index contributed by atoms with van der Waals surface area (Å²) in [6.07, 6.45) is -37.6. The number of benzene rings is 4. The topological polar surface area (TPSA) is 179 Å². The van der Waals surface area contributed by atoms with E-state index in [0.717, 1.165) is 74.7 Å². The van der Waals surface area contributed by atoms with Crippen molar-refractivity contribution in [3.63, 3.8) is 0 Å². The van der Waals surface area contributed by atoms with Gasteiger partial charge in [-0.05, 0) is 13.3 Å². The van der Waals surface area contributed by atoms with E-state index in [1.54, 1.807) is 13.8 Å². The maximum absolute atomic E-state index is 15.5. The molecule has 504 valence electrons. The average Bonchev–Trinajstić information content (AvgIpc) is 0.789. The fourth-order valence-electron chi connectivity index (χ4n) is 12.2. The summed E-state index contributed by atoms with van der Waals surface area (Å²) >= 11 is 0. The summed E-state index contributed by atoms with van der Waals surface area (Å²) in [4.78, 5) is 57.0. The molecule has 0 aromatic heterocycles. The molecular formula is C63H72F12O16. The van der Waals surface area contributed by atoms with Gasteiger partial charge in [0.2, 0.25) is 0 Å². The Kier molecular flexibility index (Phi) is 23.7. The predicted octanol–water partition coefficient (Wildman–Crippen LogP) is 11.9. The molecule has 2 heterocycles. The van der Waals surface area contributed by atoms with Crippen LogP contribution in [0.15, 0.2) is 121 Å². The number of methoxy groups -OCH3 is 5. The van der Waals surface area contributed by atoms with Crippen molar-refractivity contribution >= 4 is 23.9 Å². The van der Waals surface area contributed by atoms with Gasteiger partial charge in [-0.25, -0.2) is 19.2 Å². The smallest absolute Gasteiger partial charge is 0.432 e. The summed E-state index contributed by atoms with van der Waals surface area (Å²) in [5, 5.41) is 0. The number of hydrogen-bond acceptors (Lipinski definition) is 16. The number of halogens is 12. The van der Waals surface area contributed by atoms with Gasteiger partial charge in [0.1, 0.15) is 31.0 Å². The number of carbonyl (C=O) groups excluding carboxylic acids is 4. The second-order valence-electron chi connectivity index (χ2n) is 22.1. The van der Waals surface area contributed by atoms with Gasteiger partial charge in [0.25, 0.3) is 22.4 Å².